The summed E-state index contributed by atoms with van der Waals surface area (Å²) in [4.78, 5) is 14.0. The Hall–Kier alpha value is -2.15. The standard InChI is InChI=1S/C24H33N5S/c1-16-11-19(17(2)10-18(16)6-8-26-9-7-25)12-23-29-21(15-30-23)20-13-28-22(14-27-20)24(3,4)5/h10-11,13-15,26H,6-9,12,25H2,1-5H3. The summed E-state index contributed by atoms with van der Waals surface area (Å²) in [5, 5.41) is 6.55. The Labute approximate surface area is 184 Å². The molecule has 160 valence electrons. The SMILES string of the molecule is Cc1cc(Cc2nc(-c3cnc(C(C)(C)C)cn3)cs2)c(C)cc1CCNCCN. The molecule has 3 aromatic rings. The zero-order chi connectivity index (χ0) is 21.7. The fraction of sp³-hybridized carbons (Fsp3) is 0.458. The van der Waals surface area contributed by atoms with Crippen LogP contribution in [0.2, 0.25) is 0 Å². The van der Waals surface area contributed by atoms with Crippen molar-refractivity contribution in [1.29, 1.82) is 0 Å². The normalized spacial score (nSPS) is 11.8. The average molecular weight is 424 g/mol. The van der Waals surface area contributed by atoms with E-state index in [1.165, 1.54) is 22.3 Å². The van der Waals surface area contributed by atoms with E-state index in [4.69, 9.17) is 10.7 Å². The lowest BCUT2D eigenvalue weighted by atomic mass is 9.93. The highest BCUT2D eigenvalue weighted by molar-refractivity contribution is 7.10. The number of nitrogens with two attached hydrogens (primary N) is 1. The maximum atomic E-state index is 5.54. The summed E-state index contributed by atoms with van der Waals surface area (Å²) >= 11 is 1.69. The van der Waals surface area contributed by atoms with Crippen molar-refractivity contribution >= 4 is 11.3 Å². The molecule has 0 unspecified atom stereocenters. The third kappa shape index (κ3) is 5.72. The molecule has 0 aliphatic rings. The number of aromatic nitrogens is 3. The maximum Gasteiger partial charge on any atom is 0.108 e. The predicted molar refractivity (Wildman–Crippen MR) is 126 cm³/mol. The molecule has 0 amide bonds. The van der Waals surface area contributed by atoms with Crippen LogP contribution in [0, 0.1) is 13.8 Å². The van der Waals surface area contributed by atoms with Crippen LogP contribution in [0.25, 0.3) is 11.4 Å². The molecule has 0 saturated carbocycles. The molecule has 0 aliphatic heterocycles. The molecule has 3 rings (SSSR count). The second-order valence-electron chi connectivity index (χ2n) is 8.83. The Morgan fingerprint density at radius 2 is 1.70 bits per heavy atom. The molecule has 0 radical (unpaired) electrons. The highest BCUT2D eigenvalue weighted by Gasteiger charge is 2.16. The van der Waals surface area contributed by atoms with Crippen LogP contribution in [0.15, 0.2) is 29.9 Å². The summed E-state index contributed by atoms with van der Waals surface area (Å²) < 4.78 is 0. The van der Waals surface area contributed by atoms with E-state index in [9.17, 15) is 0 Å². The second-order valence-corrected chi connectivity index (χ2v) is 9.78. The van der Waals surface area contributed by atoms with E-state index in [2.05, 4.69) is 67.4 Å². The van der Waals surface area contributed by atoms with Gasteiger partial charge in [-0.25, -0.2) is 4.98 Å². The van der Waals surface area contributed by atoms with Gasteiger partial charge in [0.05, 0.1) is 16.9 Å². The minimum Gasteiger partial charge on any atom is -0.329 e. The van der Waals surface area contributed by atoms with Gasteiger partial charge >= 0.3 is 0 Å². The summed E-state index contributed by atoms with van der Waals surface area (Å²) in [5.74, 6) is 0. The molecule has 1 aromatic carbocycles. The Balaban J connectivity index is 1.70. The van der Waals surface area contributed by atoms with Crippen molar-refractivity contribution in [2.24, 2.45) is 5.73 Å². The number of rotatable bonds is 8. The number of aryl methyl sites for hydroxylation is 2. The molecular formula is C24H33N5S. The number of thiazole rings is 1. The molecule has 30 heavy (non-hydrogen) atoms. The van der Waals surface area contributed by atoms with E-state index < -0.39 is 0 Å². The monoisotopic (exact) mass is 423 g/mol. The first-order valence-electron chi connectivity index (χ1n) is 10.5. The minimum atomic E-state index is 0.000787. The van der Waals surface area contributed by atoms with Crippen LogP contribution in [0.3, 0.4) is 0 Å². The number of hydrogen-bond acceptors (Lipinski definition) is 6. The van der Waals surface area contributed by atoms with Crippen molar-refractivity contribution in [2.45, 2.75) is 52.9 Å². The smallest absolute Gasteiger partial charge is 0.108 e. The van der Waals surface area contributed by atoms with E-state index in [0.717, 1.165) is 48.0 Å². The summed E-state index contributed by atoms with van der Waals surface area (Å²) in [5.41, 5.74) is 13.7. The first-order valence-corrected chi connectivity index (χ1v) is 11.4. The van der Waals surface area contributed by atoms with Crippen LogP contribution in [0.5, 0.6) is 0 Å². The van der Waals surface area contributed by atoms with Gasteiger partial charge in [-0.05, 0) is 49.1 Å². The number of benzene rings is 1. The summed E-state index contributed by atoms with van der Waals surface area (Å²) in [6.45, 7) is 13.3. The van der Waals surface area contributed by atoms with Crippen molar-refractivity contribution in [3.05, 3.63) is 62.9 Å². The third-order valence-corrected chi connectivity index (χ3v) is 6.11. The number of nitrogens with zero attached hydrogens (tertiary/aromatic N) is 3. The van der Waals surface area contributed by atoms with Crippen LogP contribution in [0.4, 0.5) is 0 Å². The van der Waals surface area contributed by atoms with Gasteiger partial charge in [0.25, 0.3) is 0 Å². The number of nitrogens with one attached hydrogen (secondary N) is 1. The minimum absolute atomic E-state index is 0.000787. The third-order valence-electron chi connectivity index (χ3n) is 5.26. The molecule has 0 saturated heterocycles. The van der Waals surface area contributed by atoms with Crippen molar-refractivity contribution in [3.63, 3.8) is 0 Å². The first kappa shape index (κ1) is 22.5. The van der Waals surface area contributed by atoms with Gasteiger partial charge in [0.15, 0.2) is 0 Å². The Morgan fingerprint density at radius 3 is 2.37 bits per heavy atom. The van der Waals surface area contributed by atoms with Gasteiger partial charge in [0, 0.05) is 36.5 Å². The van der Waals surface area contributed by atoms with E-state index >= 15 is 0 Å². The molecule has 0 aliphatic carbocycles. The van der Waals surface area contributed by atoms with Crippen molar-refractivity contribution in [1.82, 2.24) is 20.3 Å². The lowest BCUT2D eigenvalue weighted by Gasteiger charge is -2.16. The summed E-state index contributed by atoms with van der Waals surface area (Å²) in [6.07, 6.45) is 5.57. The average Bonchev–Trinajstić information content (AvgIpc) is 3.16. The Kier molecular flexibility index (Phi) is 7.34. The van der Waals surface area contributed by atoms with E-state index in [0.29, 0.717) is 6.54 Å². The van der Waals surface area contributed by atoms with E-state index in [1.807, 2.05) is 12.4 Å². The lowest BCUT2D eigenvalue weighted by molar-refractivity contribution is 0.565. The topological polar surface area (TPSA) is 76.7 Å². The Bertz CT molecular complexity index is 970. The molecule has 5 nitrogen and oxygen atoms in total. The lowest BCUT2D eigenvalue weighted by Crippen LogP contribution is -2.24. The fourth-order valence-electron chi connectivity index (χ4n) is 3.37. The molecule has 6 heteroatoms. The molecular weight excluding hydrogens is 390 g/mol. The largest absolute Gasteiger partial charge is 0.329 e. The molecule has 0 atom stereocenters. The molecule has 0 spiro atoms. The van der Waals surface area contributed by atoms with Crippen molar-refractivity contribution < 1.29 is 0 Å². The number of hydrogen-bond donors (Lipinski definition) is 2. The van der Waals surface area contributed by atoms with E-state index in [1.54, 1.807) is 11.3 Å². The Morgan fingerprint density at radius 1 is 0.967 bits per heavy atom. The molecule has 2 aromatic heterocycles. The zero-order valence-corrected chi connectivity index (χ0v) is 19.6. The van der Waals surface area contributed by atoms with E-state index in [-0.39, 0.29) is 5.41 Å². The molecule has 2 heterocycles. The van der Waals surface area contributed by atoms with Crippen LogP contribution in [-0.2, 0) is 18.3 Å². The quantitative estimate of drug-likeness (QED) is 0.531. The van der Waals surface area contributed by atoms with Gasteiger partial charge in [-0.2, -0.15) is 0 Å². The van der Waals surface area contributed by atoms with Gasteiger partial charge in [0.1, 0.15) is 11.4 Å². The fourth-order valence-corrected chi connectivity index (χ4v) is 4.18. The van der Waals surface area contributed by atoms with Gasteiger partial charge in [-0.3, -0.25) is 9.97 Å². The van der Waals surface area contributed by atoms with Crippen LogP contribution >= 0.6 is 11.3 Å². The van der Waals surface area contributed by atoms with Gasteiger partial charge < -0.3 is 11.1 Å². The second kappa shape index (κ2) is 9.77. The van der Waals surface area contributed by atoms with Gasteiger partial charge in [-0.1, -0.05) is 32.9 Å². The molecule has 3 N–H and O–H groups in total. The highest BCUT2D eigenvalue weighted by Crippen LogP contribution is 2.26. The summed E-state index contributed by atoms with van der Waals surface area (Å²) in [7, 11) is 0. The molecule has 0 fully saturated rings. The highest BCUT2D eigenvalue weighted by atomic mass is 32.1. The van der Waals surface area contributed by atoms with Crippen molar-refractivity contribution in [2.75, 3.05) is 19.6 Å². The molecule has 0 bridgehead atoms. The van der Waals surface area contributed by atoms with Crippen LogP contribution in [-0.4, -0.2) is 34.6 Å². The van der Waals surface area contributed by atoms with Gasteiger partial charge in [-0.15, -0.1) is 11.3 Å². The van der Waals surface area contributed by atoms with Crippen LogP contribution in [0.1, 0.15) is 53.7 Å². The maximum absolute atomic E-state index is 5.54. The van der Waals surface area contributed by atoms with Crippen LogP contribution < -0.4 is 11.1 Å². The summed E-state index contributed by atoms with van der Waals surface area (Å²) in [6, 6.07) is 4.63. The zero-order valence-electron chi connectivity index (χ0n) is 18.7. The first-order chi connectivity index (χ1) is 14.3. The predicted octanol–water partition coefficient (Wildman–Crippen LogP) is 4.20. The van der Waals surface area contributed by atoms with Gasteiger partial charge in [0.2, 0.25) is 0 Å². The van der Waals surface area contributed by atoms with Crippen molar-refractivity contribution in [3.8, 4) is 11.4 Å².